The Morgan fingerprint density at radius 1 is 0.958 bits per heavy atom. The monoisotopic (exact) mass is 348 g/mol. The van der Waals surface area contributed by atoms with E-state index in [1.54, 1.807) is 42.5 Å². The highest BCUT2D eigenvalue weighted by molar-refractivity contribution is 6.30. The highest BCUT2D eigenvalue weighted by Crippen LogP contribution is 2.29. The number of Topliss-reactive ketones (excluding diaryl/α,β-unsaturated/α-hetero) is 1. The van der Waals surface area contributed by atoms with E-state index in [0.29, 0.717) is 22.1 Å². The number of rotatable bonds is 6. The molecule has 5 nitrogen and oxygen atoms in total. The molecule has 0 saturated carbocycles. The van der Waals surface area contributed by atoms with Gasteiger partial charge in [0.2, 0.25) is 5.78 Å². The minimum absolute atomic E-state index is 0.137. The van der Waals surface area contributed by atoms with Crippen LogP contribution in [-0.2, 0) is 4.74 Å². The highest BCUT2D eigenvalue weighted by Gasteiger charge is 2.25. The van der Waals surface area contributed by atoms with Gasteiger partial charge in [-0.1, -0.05) is 17.7 Å². The number of ether oxygens (including phenoxy) is 3. The molecule has 2 aromatic rings. The van der Waals surface area contributed by atoms with E-state index in [2.05, 4.69) is 0 Å². The van der Waals surface area contributed by atoms with Gasteiger partial charge in [0, 0.05) is 10.6 Å². The number of hydrogen-bond acceptors (Lipinski definition) is 5. The summed E-state index contributed by atoms with van der Waals surface area (Å²) in [5.74, 6) is -0.399. The third kappa shape index (κ3) is 3.86. The van der Waals surface area contributed by atoms with E-state index in [1.807, 2.05) is 0 Å². The fourth-order valence-electron chi connectivity index (χ4n) is 2.17. The third-order valence-corrected chi connectivity index (χ3v) is 3.67. The Bertz CT molecular complexity index is 717. The molecule has 0 aliphatic carbocycles. The summed E-state index contributed by atoms with van der Waals surface area (Å²) in [6.45, 7) is 1.51. The van der Waals surface area contributed by atoms with E-state index < -0.39 is 12.1 Å². The van der Waals surface area contributed by atoms with Gasteiger partial charge in [-0.15, -0.1) is 0 Å². The molecule has 2 rings (SSSR count). The zero-order valence-electron chi connectivity index (χ0n) is 13.5. The topological polar surface area (TPSA) is 61.8 Å². The van der Waals surface area contributed by atoms with Crippen molar-refractivity contribution in [3.63, 3.8) is 0 Å². The van der Waals surface area contributed by atoms with Crippen molar-refractivity contribution >= 4 is 23.4 Å². The van der Waals surface area contributed by atoms with Crippen molar-refractivity contribution in [2.75, 3.05) is 14.2 Å². The fraction of sp³-hybridized carbons (Fsp3) is 0.222. The van der Waals surface area contributed by atoms with Gasteiger partial charge in [-0.25, -0.2) is 4.79 Å². The van der Waals surface area contributed by atoms with Crippen LogP contribution in [0, 0.1) is 0 Å². The molecule has 0 saturated heterocycles. The second kappa shape index (κ2) is 7.84. The highest BCUT2D eigenvalue weighted by atomic mass is 35.5. The number of methoxy groups -OCH3 is 2. The lowest BCUT2D eigenvalue weighted by Gasteiger charge is -2.16. The van der Waals surface area contributed by atoms with Crippen molar-refractivity contribution in [3.05, 3.63) is 58.6 Å². The first-order valence-corrected chi connectivity index (χ1v) is 7.57. The first kappa shape index (κ1) is 17.8. The number of esters is 1. The molecule has 6 heteroatoms. The molecule has 1 unspecified atom stereocenters. The lowest BCUT2D eigenvalue weighted by molar-refractivity contribution is 0.0313. The zero-order valence-corrected chi connectivity index (χ0v) is 14.3. The molecule has 0 aromatic heterocycles. The predicted octanol–water partition coefficient (Wildman–Crippen LogP) is 3.79. The molecule has 1 atom stereocenters. The van der Waals surface area contributed by atoms with Gasteiger partial charge in [0.25, 0.3) is 0 Å². The number of carbonyl (C=O) groups is 2. The van der Waals surface area contributed by atoms with Crippen LogP contribution < -0.4 is 9.47 Å². The number of halogens is 1. The smallest absolute Gasteiger partial charge is 0.346 e. The van der Waals surface area contributed by atoms with Gasteiger partial charge in [0.1, 0.15) is 17.1 Å². The summed E-state index contributed by atoms with van der Waals surface area (Å²) >= 11 is 5.80. The number of ketones is 1. The normalized spacial score (nSPS) is 11.5. The molecule has 0 bridgehead atoms. The summed E-state index contributed by atoms with van der Waals surface area (Å²) in [5.41, 5.74) is 0.546. The summed E-state index contributed by atoms with van der Waals surface area (Å²) in [6, 6.07) is 11.3. The second-order valence-corrected chi connectivity index (χ2v) is 5.39. The molecule has 126 valence electrons. The standard InChI is InChI=1S/C18H17ClO5/c1-11(17(20)12-7-9-13(19)10-8-12)24-18(21)16-14(22-2)5-4-6-15(16)23-3/h4-11H,1-3H3. The van der Waals surface area contributed by atoms with Crippen LogP contribution in [0.15, 0.2) is 42.5 Å². The minimum atomic E-state index is -0.965. The maximum Gasteiger partial charge on any atom is 0.346 e. The van der Waals surface area contributed by atoms with E-state index >= 15 is 0 Å². The van der Waals surface area contributed by atoms with Crippen LogP contribution >= 0.6 is 11.6 Å². The molecule has 0 heterocycles. The number of hydrogen-bond donors (Lipinski definition) is 0. The molecule has 0 spiro atoms. The van der Waals surface area contributed by atoms with Crippen molar-refractivity contribution < 1.29 is 23.8 Å². The van der Waals surface area contributed by atoms with Crippen molar-refractivity contribution in [2.24, 2.45) is 0 Å². The Kier molecular flexibility index (Phi) is 5.82. The lowest BCUT2D eigenvalue weighted by Crippen LogP contribution is -2.25. The summed E-state index contributed by atoms with van der Waals surface area (Å²) in [7, 11) is 2.88. The van der Waals surface area contributed by atoms with Gasteiger partial charge in [-0.2, -0.15) is 0 Å². The van der Waals surface area contributed by atoms with Gasteiger partial charge >= 0.3 is 5.97 Å². The maximum atomic E-state index is 12.4. The summed E-state index contributed by atoms with van der Waals surface area (Å²) in [5, 5.41) is 0.523. The maximum absolute atomic E-state index is 12.4. The Balaban J connectivity index is 2.20. The van der Waals surface area contributed by atoms with Crippen LogP contribution in [0.2, 0.25) is 5.02 Å². The molecule has 0 radical (unpaired) electrons. The SMILES string of the molecule is COc1cccc(OC)c1C(=O)OC(C)C(=O)c1ccc(Cl)cc1. The summed E-state index contributed by atoms with van der Waals surface area (Å²) in [6.07, 6.45) is -0.965. The van der Waals surface area contributed by atoms with Crippen molar-refractivity contribution in [2.45, 2.75) is 13.0 Å². The molecule has 0 fully saturated rings. The molecule has 0 aliphatic rings. The van der Waals surface area contributed by atoms with Crippen molar-refractivity contribution in [1.82, 2.24) is 0 Å². The van der Waals surface area contributed by atoms with E-state index in [1.165, 1.54) is 21.1 Å². The minimum Gasteiger partial charge on any atom is -0.496 e. The molecule has 2 aromatic carbocycles. The van der Waals surface area contributed by atoms with E-state index in [9.17, 15) is 9.59 Å². The van der Waals surface area contributed by atoms with Gasteiger partial charge in [-0.05, 0) is 43.3 Å². The Morgan fingerprint density at radius 2 is 1.50 bits per heavy atom. The first-order valence-electron chi connectivity index (χ1n) is 7.19. The van der Waals surface area contributed by atoms with Crippen LogP contribution in [0.4, 0.5) is 0 Å². The lowest BCUT2D eigenvalue weighted by atomic mass is 10.1. The van der Waals surface area contributed by atoms with Gasteiger partial charge in [0.15, 0.2) is 6.10 Å². The average Bonchev–Trinajstić information content (AvgIpc) is 2.60. The second-order valence-electron chi connectivity index (χ2n) is 4.96. The van der Waals surface area contributed by atoms with Crippen molar-refractivity contribution in [3.8, 4) is 11.5 Å². The van der Waals surface area contributed by atoms with Crippen LogP contribution in [-0.4, -0.2) is 32.1 Å². The van der Waals surface area contributed by atoms with E-state index in [4.69, 9.17) is 25.8 Å². The van der Waals surface area contributed by atoms with E-state index in [-0.39, 0.29) is 11.3 Å². The molecular formula is C18H17ClO5. The van der Waals surface area contributed by atoms with Gasteiger partial charge in [-0.3, -0.25) is 4.79 Å². The molecule has 0 aliphatic heterocycles. The summed E-state index contributed by atoms with van der Waals surface area (Å²) in [4.78, 5) is 24.8. The predicted molar refractivity (Wildman–Crippen MR) is 90.2 cm³/mol. The van der Waals surface area contributed by atoms with Crippen molar-refractivity contribution in [1.29, 1.82) is 0 Å². The molecule has 24 heavy (non-hydrogen) atoms. The molecule has 0 N–H and O–H groups in total. The Morgan fingerprint density at radius 3 is 2.00 bits per heavy atom. The van der Waals surface area contributed by atoms with Crippen LogP contribution in [0.3, 0.4) is 0 Å². The van der Waals surface area contributed by atoms with Gasteiger partial charge in [0.05, 0.1) is 14.2 Å². The summed E-state index contributed by atoms with van der Waals surface area (Å²) < 4.78 is 15.6. The Labute approximate surface area is 145 Å². The largest absolute Gasteiger partial charge is 0.496 e. The molecule has 0 amide bonds. The number of carbonyl (C=O) groups excluding carboxylic acids is 2. The van der Waals surface area contributed by atoms with Crippen LogP contribution in [0.1, 0.15) is 27.6 Å². The quantitative estimate of drug-likeness (QED) is 0.587. The third-order valence-electron chi connectivity index (χ3n) is 3.41. The number of benzene rings is 2. The first-order chi connectivity index (χ1) is 11.5. The van der Waals surface area contributed by atoms with Crippen LogP contribution in [0.5, 0.6) is 11.5 Å². The fourth-order valence-corrected chi connectivity index (χ4v) is 2.30. The average molecular weight is 349 g/mol. The van der Waals surface area contributed by atoms with Gasteiger partial charge < -0.3 is 14.2 Å². The zero-order chi connectivity index (χ0) is 17.7. The van der Waals surface area contributed by atoms with Crippen LogP contribution in [0.25, 0.3) is 0 Å². The Hall–Kier alpha value is -2.53. The molecular weight excluding hydrogens is 332 g/mol. The van der Waals surface area contributed by atoms with E-state index in [0.717, 1.165) is 0 Å².